The highest BCUT2D eigenvalue weighted by Crippen LogP contribution is 2.43. The molecule has 0 aliphatic heterocycles. The van der Waals surface area contributed by atoms with Gasteiger partial charge in [0.1, 0.15) is 5.76 Å². The topological polar surface area (TPSA) is 43.4 Å². The van der Waals surface area contributed by atoms with Gasteiger partial charge in [0.05, 0.1) is 0 Å². The van der Waals surface area contributed by atoms with E-state index < -0.39 is 15.6 Å². The highest BCUT2D eigenvalue weighted by Gasteiger charge is 2.49. The smallest absolute Gasteiger partial charge is 0.381 e. The zero-order valence-electron chi connectivity index (χ0n) is 14.3. The molecule has 4 unspecified atom stereocenters. The van der Waals surface area contributed by atoms with E-state index in [0.29, 0.717) is 30.6 Å². The molecular formula is C17H27F3O3S. The molecule has 0 bridgehead atoms. The summed E-state index contributed by atoms with van der Waals surface area (Å²) < 4.78 is 63.4. The Morgan fingerprint density at radius 3 is 2.42 bits per heavy atom. The first-order valence-electron chi connectivity index (χ1n) is 8.83. The van der Waals surface area contributed by atoms with E-state index in [9.17, 15) is 21.6 Å². The van der Waals surface area contributed by atoms with Crippen molar-refractivity contribution in [3.05, 3.63) is 11.8 Å². The van der Waals surface area contributed by atoms with E-state index >= 15 is 0 Å². The van der Waals surface area contributed by atoms with Gasteiger partial charge in [-0.2, -0.15) is 21.6 Å². The second-order valence-corrected chi connectivity index (χ2v) is 8.83. The average Bonchev–Trinajstić information content (AvgIpc) is 2.49. The SMILES string of the molecule is CCCC1CCC(C2CC=C(OS(=O)(=O)C(F)(F)F)CC2)CC1C. The third kappa shape index (κ3) is 4.67. The summed E-state index contributed by atoms with van der Waals surface area (Å²) in [6.45, 7) is 4.51. The highest BCUT2D eigenvalue weighted by molar-refractivity contribution is 7.87. The Labute approximate surface area is 142 Å². The van der Waals surface area contributed by atoms with Crippen molar-refractivity contribution in [1.82, 2.24) is 0 Å². The molecule has 7 heteroatoms. The van der Waals surface area contributed by atoms with Crippen molar-refractivity contribution in [2.75, 3.05) is 0 Å². The fraction of sp³-hybridized carbons (Fsp3) is 0.882. The molecule has 0 aromatic heterocycles. The summed E-state index contributed by atoms with van der Waals surface area (Å²) in [6, 6.07) is 0. The molecule has 0 aromatic rings. The van der Waals surface area contributed by atoms with Crippen molar-refractivity contribution >= 4 is 10.1 Å². The molecule has 0 aromatic carbocycles. The van der Waals surface area contributed by atoms with Crippen molar-refractivity contribution in [1.29, 1.82) is 0 Å². The van der Waals surface area contributed by atoms with Crippen molar-refractivity contribution in [3.8, 4) is 0 Å². The molecule has 3 nitrogen and oxygen atoms in total. The number of alkyl halides is 3. The maximum atomic E-state index is 12.4. The van der Waals surface area contributed by atoms with Crippen molar-refractivity contribution in [2.45, 2.75) is 70.7 Å². The lowest BCUT2D eigenvalue weighted by Gasteiger charge is -2.39. The van der Waals surface area contributed by atoms with E-state index in [1.807, 2.05) is 0 Å². The lowest BCUT2D eigenvalue weighted by Crippen LogP contribution is -2.29. The standard InChI is InChI=1S/C17H27F3O3S/c1-3-4-13-5-6-15(11-12(13)2)14-7-9-16(10-8-14)23-24(21,22)17(18,19)20/h9,12-15H,3-8,10-11H2,1-2H3. The summed E-state index contributed by atoms with van der Waals surface area (Å²) in [4.78, 5) is 0. The molecule has 24 heavy (non-hydrogen) atoms. The lowest BCUT2D eigenvalue weighted by atomic mass is 9.67. The maximum absolute atomic E-state index is 12.4. The van der Waals surface area contributed by atoms with Crippen LogP contribution in [0, 0.1) is 23.7 Å². The van der Waals surface area contributed by atoms with Crippen molar-refractivity contribution in [3.63, 3.8) is 0 Å². The van der Waals surface area contributed by atoms with E-state index in [1.165, 1.54) is 32.1 Å². The molecule has 0 N–H and O–H groups in total. The van der Waals surface area contributed by atoms with Gasteiger partial charge >= 0.3 is 15.6 Å². The Hall–Kier alpha value is -0.720. The Balaban J connectivity index is 1.89. The zero-order valence-corrected chi connectivity index (χ0v) is 15.1. The van der Waals surface area contributed by atoms with Gasteiger partial charge in [0, 0.05) is 6.42 Å². The number of hydrogen-bond acceptors (Lipinski definition) is 3. The first kappa shape index (κ1) is 19.6. The van der Waals surface area contributed by atoms with Crippen LogP contribution in [0.25, 0.3) is 0 Å². The van der Waals surface area contributed by atoms with E-state index in [1.54, 1.807) is 6.08 Å². The molecule has 0 saturated heterocycles. The summed E-state index contributed by atoms with van der Waals surface area (Å²) in [7, 11) is -5.53. The first-order chi connectivity index (χ1) is 11.1. The molecule has 0 spiro atoms. The number of halogens is 3. The van der Waals surface area contributed by atoms with Gasteiger partial charge < -0.3 is 4.18 Å². The molecule has 1 fully saturated rings. The van der Waals surface area contributed by atoms with Crippen LogP contribution in [-0.2, 0) is 14.3 Å². The Morgan fingerprint density at radius 2 is 1.92 bits per heavy atom. The van der Waals surface area contributed by atoms with Crippen LogP contribution in [-0.4, -0.2) is 13.9 Å². The highest BCUT2D eigenvalue weighted by atomic mass is 32.2. The van der Waals surface area contributed by atoms with Gasteiger partial charge in [0.25, 0.3) is 0 Å². The molecule has 0 heterocycles. The molecule has 0 amide bonds. The van der Waals surface area contributed by atoms with Crippen molar-refractivity contribution in [2.24, 2.45) is 23.7 Å². The molecule has 2 aliphatic carbocycles. The second-order valence-electron chi connectivity index (χ2n) is 7.29. The minimum atomic E-state index is -5.53. The van der Waals surface area contributed by atoms with Crippen LogP contribution in [0.4, 0.5) is 13.2 Å². The van der Waals surface area contributed by atoms with Crippen molar-refractivity contribution < 1.29 is 25.8 Å². The summed E-state index contributed by atoms with van der Waals surface area (Å²) in [5.74, 6) is 2.44. The lowest BCUT2D eigenvalue weighted by molar-refractivity contribution is -0.0525. The van der Waals surface area contributed by atoms with Gasteiger partial charge in [-0.25, -0.2) is 0 Å². The van der Waals surface area contributed by atoms with Gasteiger partial charge in [-0.1, -0.05) is 26.7 Å². The molecule has 2 rings (SSSR count). The normalized spacial score (nSPS) is 32.3. The average molecular weight is 368 g/mol. The van der Waals surface area contributed by atoms with Crippen LogP contribution in [0.1, 0.15) is 65.2 Å². The first-order valence-corrected chi connectivity index (χ1v) is 10.2. The van der Waals surface area contributed by atoms with Crippen LogP contribution < -0.4 is 0 Å². The minimum absolute atomic E-state index is 0.0590. The third-order valence-corrected chi connectivity index (χ3v) is 6.62. The van der Waals surface area contributed by atoms with Crippen LogP contribution in [0.3, 0.4) is 0 Å². The predicted molar refractivity (Wildman–Crippen MR) is 86.4 cm³/mol. The number of rotatable bonds is 5. The minimum Gasteiger partial charge on any atom is -0.381 e. The van der Waals surface area contributed by atoms with Crippen LogP contribution in [0.15, 0.2) is 11.8 Å². The van der Waals surface area contributed by atoms with Crippen LogP contribution >= 0.6 is 0 Å². The Morgan fingerprint density at radius 1 is 1.21 bits per heavy atom. The van der Waals surface area contributed by atoms with Gasteiger partial charge in [-0.15, -0.1) is 0 Å². The molecule has 0 radical (unpaired) electrons. The van der Waals surface area contributed by atoms with Gasteiger partial charge in [0.15, 0.2) is 0 Å². The second kappa shape index (κ2) is 7.67. The number of allylic oxidation sites excluding steroid dienone is 2. The molecule has 1 saturated carbocycles. The quantitative estimate of drug-likeness (QED) is 0.483. The molecule has 140 valence electrons. The monoisotopic (exact) mass is 368 g/mol. The maximum Gasteiger partial charge on any atom is 0.534 e. The van der Waals surface area contributed by atoms with Crippen LogP contribution in [0.5, 0.6) is 0 Å². The zero-order chi connectivity index (χ0) is 18.0. The Kier molecular flexibility index (Phi) is 6.26. The van der Waals surface area contributed by atoms with E-state index in [-0.39, 0.29) is 12.2 Å². The molecular weight excluding hydrogens is 341 g/mol. The summed E-state index contributed by atoms with van der Waals surface area (Å²) >= 11 is 0. The van der Waals surface area contributed by atoms with Gasteiger partial charge in [-0.3, -0.25) is 0 Å². The third-order valence-electron chi connectivity index (χ3n) is 5.62. The molecule has 4 atom stereocenters. The summed E-state index contributed by atoms with van der Waals surface area (Å²) in [5, 5.41) is 0. The predicted octanol–water partition coefficient (Wildman–Crippen LogP) is 5.39. The Bertz CT molecular complexity index is 554. The fourth-order valence-corrected chi connectivity index (χ4v) is 4.78. The summed E-state index contributed by atoms with van der Waals surface area (Å²) in [6.07, 6.45) is 9.17. The van der Waals surface area contributed by atoms with E-state index in [0.717, 1.165) is 5.92 Å². The largest absolute Gasteiger partial charge is 0.534 e. The van der Waals surface area contributed by atoms with Gasteiger partial charge in [0.2, 0.25) is 0 Å². The summed E-state index contributed by atoms with van der Waals surface area (Å²) in [5.41, 5.74) is -5.36. The van der Waals surface area contributed by atoms with E-state index in [4.69, 9.17) is 0 Å². The van der Waals surface area contributed by atoms with Crippen LogP contribution in [0.2, 0.25) is 0 Å². The van der Waals surface area contributed by atoms with E-state index in [2.05, 4.69) is 18.0 Å². The molecule has 2 aliphatic rings. The number of hydrogen-bond donors (Lipinski definition) is 0. The van der Waals surface area contributed by atoms with Gasteiger partial charge in [-0.05, 0) is 61.9 Å². The fourth-order valence-electron chi connectivity index (χ4n) is 4.25.